The Labute approximate surface area is 51.7 Å². The molecule has 1 radical (unpaired) electrons. The second-order valence-electron chi connectivity index (χ2n) is 2.36. The van der Waals surface area contributed by atoms with Crippen molar-refractivity contribution in [3.63, 3.8) is 0 Å². The molecule has 0 aromatic rings. The lowest BCUT2D eigenvalue weighted by Gasteiger charge is -2.15. The normalized spacial score (nSPS) is 19.9. The molecule has 0 heterocycles. The SMILES string of the molecule is [CH2]CN(CC)C1CC1. The van der Waals surface area contributed by atoms with Gasteiger partial charge in [0.15, 0.2) is 0 Å². The Morgan fingerprint density at radius 1 is 1.62 bits per heavy atom. The third-order valence-electron chi connectivity index (χ3n) is 1.76. The molecule has 1 rings (SSSR count). The molecule has 0 spiro atoms. The Kier molecular flexibility index (Phi) is 1.90. The van der Waals surface area contributed by atoms with Crippen LogP contribution < -0.4 is 0 Å². The number of nitrogens with zero attached hydrogens (tertiary/aromatic N) is 1. The van der Waals surface area contributed by atoms with Gasteiger partial charge in [0.25, 0.3) is 0 Å². The zero-order valence-corrected chi connectivity index (χ0v) is 5.56. The van der Waals surface area contributed by atoms with Gasteiger partial charge in [-0.25, -0.2) is 0 Å². The maximum Gasteiger partial charge on any atom is 0.00963 e. The molecular formula is C7H14N. The molecule has 1 nitrogen and oxygen atoms in total. The smallest absolute Gasteiger partial charge is 0.00963 e. The molecular weight excluding hydrogens is 98.1 g/mol. The van der Waals surface area contributed by atoms with Gasteiger partial charge >= 0.3 is 0 Å². The first kappa shape index (κ1) is 6.09. The van der Waals surface area contributed by atoms with Gasteiger partial charge in [0, 0.05) is 6.04 Å². The first-order valence-electron chi connectivity index (χ1n) is 3.41. The summed E-state index contributed by atoms with van der Waals surface area (Å²) in [6.45, 7) is 8.20. The van der Waals surface area contributed by atoms with Crippen LogP contribution in [0.4, 0.5) is 0 Å². The minimum Gasteiger partial charge on any atom is -0.301 e. The molecule has 0 aromatic carbocycles. The molecule has 0 N–H and O–H groups in total. The maximum absolute atomic E-state index is 3.84. The highest BCUT2D eigenvalue weighted by Gasteiger charge is 2.25. The van der Waals surface area contributed by atoms with E-state index in [1.807, 2.05) is 0 Å². The number of hydrogen-bond donors (Lipinski definition) is 0. The van der Waals surface area contributed by atoms with Crippen LogP contribution in [0.5, 0.6) is 0 Å². The van der Waals surface area contributed by atoms with E-state index in [-0.39, 0.29) is 0 Å². The molecule has 0 aliphatic heterocycles. The fraction of sp³-hybridized carbons (Fsp3) is 0.857. The van der Waals surface area contributed by atoms with Gasteiger partial charge < -0.3 is 4.90 Å². The monoisotopic (exact) mass is 112 g/mol. The molecule has 1 aliphatic carbocycles. The lowest BCUT2D eigenvalue weighted by atomic mass is 10.5. The van der Waals surface area contributed by atoms with Crippen molar-refractivity contribution in [2.24, 2.45) is 0 Å². The van der Waals surface area contributed by atoms with Crippen molar-refractivity contribution in [1.82, 2.24) is 4.90 Å². The van der Waals surface area contributed by atoms with E-state index < -0.39 is 0 Å². The average molecular weight is 112 g/mol. The van der Waals surface area contributed by atoms with Crippen molar-refractivity contribution >= 4 is 0 Å². The predicted octanol–water partition coefficient (Wildman–Crippen LogP) is 1.30. The summed E-state index contributed by atoms with van der Waals surface area (Å²) < 4.78 is 0. The summed E-state index contributed by atoms with van der Waals surface area (Å²) in [6, 6.07) is 0.900. The third-order valence-corrected chi connectivity index (χ3v) is 1.76. The van der Waals surface area contributed by atoms with Crippen LogP contribution in [-0.2, 0) is 0 Å². The van der Waals surface area contributed by atoms with Crippen LogP contribution >= 0.6 is 0 Å². The lowest BCUT2D eigenvalue weighted by Crippen LogP contribution is -2.24. The van der Waals surface area contributed by atoms with Gasteiger partial charge in [0.05, 0.1) is 0 Å². The first-order chi connectivity index (χ1) is 3.88. The fourth-order valence-corrected chi connectivity index (χ4v) is 1.04. The van der Waals surface area contributed by atoms with Crippen LogP contribution in [0.25, 0.3) is 0 Å². The standard InChI is InChI=1S/C7H14N/c1-3-8(4-2)7-5-6-7/h7H,1,3-6H2,2H3. The van der Waals surface area contributed by atoms with Gasteiger partial charge in [-0.1, -0.05) is 6.92 Å². The quantitative estimate of drug-likeness (QED) is 0.532. The van der Waals surface area contributed by atoms with E-state index in [2.05, 4.69) is 18.7 Å². The van der Waals surface area contributed by atoms with Crippen molar-refractivity contribution in [3.8, 4) is 0 Å². The summed E-state index contributed by atoms with van der Waals surface area (Å²) in [5, 5.41) is 0. The van der Waals surface area contributed by atoms with Crippen LogP contribution in [0.15, 0.2) is 0 Å². The molecule has 0 saturated heterocycles. The van der Waals surface area contributed by atoms with Gasteiger partial charge in [0.1, 0.15) is 0 Å². The van der Waals surface area contributed by atoms with Crippen LogP contribution in [0.3, 0.4) is 0 Å². The Morgan fingerprint density at radius 3 is 2.38 bits per heavy atom. The molecule has 1 saturated carbocycles. The van der Waals surface area contributed by atoms with Crippen molar-refractivity contribution in [2.45, 2.75) is 25.8 Å². The van der Waals surface area contributed by atoms with Gasteiger partial charge in [-0.2, -0.15) is 0 Å². The van der Waals surface area contributed by atoms with Crippen LogP contribution in [0.1, 0.15) is 19.8 Å². The Morgan fingerprint density at radius 2 is 2.25 bits per heavy atom. The largest absolute Gasteiger partial charge is 0.301 e. The van der Waals surface area contributed by atoms with E-state index in [0.29, 0.717) is 0 Å². The zero-order chi connectivity index (χ0) is 5.98. The van der Waals surface area contributed by atoms with E-state index in [1.165, 1.54) is 19.4 Å². The summed E-state index contributed by atoms with van der Waals surface area (Å²) in [5.74, 6) is 0. The van der Waals surface area contributed by atoms with E-state index in [9.17, 15) is 0 Å². The fourth-order valence-electron chi connectivity index (χ4n) is 1.04. The van der Waals surface area contributed by atoms with Gasteiger partial charge in [-0.05, 0) is 32.9 Å². The summed E-state index contributed by atoms with van der Waals surface area (Å²) >= 11 is 0. The molecule has 0 aromatic heterocycles. The van der Waals surface area contributed by atoms with Crippen molar-refractivity contribution in [1.29, 1.82) is 0 Å². The summed E-state index contributed by atoms with van der Waals surface area (Å²) in [4.78, 5) is 2.42. The van der Waals surface area contributed by atoms with Crippen molar-refractivity contribution in [2.75, 3.05) is 13.1 Å². The van der Waals surface area contributed by atoms with Crippen molar-refractivity contribution in [3.05, 3.63) is 6.92 Å². The second kappa shape index (κ2) is 2.49. The van der Waals surface area contributed by atoms with E-state index in [1.54, 1.807) is 0 Å². The molecule has 1 aliphatic rings. The van der Waals surface area contributed by atoms with Crippen LogP contribution in [-0.4, -0.2) is 24.0 Å². The summed E-state index contributed by atoms with van der Waals surface area (Å²) in [6.07, 6.45) is 2.81. The second-order valence-corrected chi connectivity index (χ2v) is 2.36. The highest BCUT2D eigenvalue weighted by molar-refractivity contribution is 4.83. The molecule has 0 atom stereocenters. The molecule has 0 unspecified atom stereocenters. The van der Waals surface area contributed by atoms with Gasteiger partial charge in [0.2, 0.25) is 0 Å². The van der Waals surface area contributed by atoms with E-state index >= 15 is 0 Å². The minimum atomic E-state index is 0.900. The van der Waals surface area contributed by atoms with E-state index in [4.69, 9.17) is 0 Å². The predicted molar refractivity (Wildman–Crippen MR) is 35.6 cm³/mol. The van der Waals surface area contributed by atoms with Crippen LogP contribution in [0.2, 0.25) is 0 Å². The molecule has 1 heteroatoms. The Bertz CT molecular complexity index is 62.8. The molecule has 1 fully saturated rings. The topological polar surface area (TPSA) is 3.24 Å². The highest BCUT2D eigenvalue weighted by atomic mass is 15.2. The molecule has 8 heavy (non-hydrogen) atoms. The zero-order valence-electron chi connectivity index (χ0n) is 5.56. The lowest BCUT2D eigenvalue weighted by molar-refractivity contribution is 0.307. The number of hydrogen-bond acceptors (Lipinski definition) is 1. The Hall–Kier alpha value is -0.0400. The Balaban J connectivity index is 2.15. The molecule has 0 amide bonds. The maximum atomic E-state index is 3.84. The van der Waals surface area contributed by atoms with Crippen LogP contribution in [0, 0.1) is 6.92 Å². The third kappa shape index (κ3) is 1.22. The van der Waals surface area contributed by atoms with Gasteiger partial charge in [-0.3, -0.25) is 0 Å². The summed E-state index contributed by atoms with van der Waals surface area (Å²) in [7, 11) is 0. The average Bonchev–Trinajstić information content (AvgIpc) is 2.53. The first-order valence-corrected chi connectivity index (χ1v) is 3.41. The van der Waals surface area contributed by atoms with Gasteiger partial charge in [-0.15, -0.1) is 0 Å². The summed E-state index contributed by atoms with van der Waals surface area (Å²) in [5.41, 5.74) is 0. The molecule has 47 valence electrons. The van der Waals surface area contributed by atoms with Crippen molar-refractivity contribution < 1.29 is 0 Å². The minimum absolute atomic E-state index is 0.900. The number of rotatable bonds is 3. The molecule has 0 bridgehead atoms. The highest BCUT2D eigenvalue weighted by Crippen LogP contribution is 2.25. The van der Waals surface area contributed by atoms with E-state index in [0.717, 1.165) is 12.6 Å².